The fourth-order valence-corrected chi connectivity index (χ4v) is 3.29. The van der Waals surface area contributed by atoms with Gasteiger partial charge in [-0.3, -0.25) is 14.9 Å². The number of alkyl halides is 3. The zero-order chi connectivity index (χ0) is 16.6. The smallest absolute Gasteiger partial charge is 0.282 e. The minimum absolute atomic E-state index is 0.235. The van der Waals surface area contributed by atoms with Crippen molar-refractivity contribution in [2.45, 2.75) is 6.18 Å². The molecule has 1 fully saturated rings. The number of thioether (sulfide) groups is 1. The summed E-state index contributed by atoms with van der Waals surface area (Å²) < 4.78 is 37.6. The van der Waals surface area contributed by atoms with E-state index in [1.165, 1.54) is 29.5 Å². The molecule has 4 nitrogen and oxygen atoms in total. The maximum Gasteiger partial charge on any atom is 0.416 e. The highest BCUT2D eigenvalue weighted by molar-refractivity contribution is 8.18. The molecule has 0 saturated carbocycles. The van der Waals surface area contributed by atoms with Crippen molar-refractivity contribution >= 4 is 40.3 Å². The zero-order valence-electron chi connectivity index (χ0n) is 11.2. The predicted octanol–water partition coefficient (Wildman–Crippen LogP) is 4.15. The number of halogens is 3. The number of thiazole rings is 1. The van der Waals surface area contributed by atoms with Crippen LogP contribution >= 0.6 is 23.1 Å². The van der Waals surface area contributed by atoms with Crippen molar-refractivity contribution in [1.29, 1.82) is 0 Å². The molecule has 1 aromatic carbocycles. The number of hydrogen-bond donors (Lipinski definition) is 1. The normalized spacial score (nSPS) is 16.9. The standard InChI is InChI=1S/C14H7F3N2O2S2/c15-14(16,17)8-3-1-7(2-4-8)12-18-9(6-22-12)5-10-11(20)19-13(21)23-10/h1-6H,(H,19,20,21)/b10-5-. The number of nitrogens with one attached hydrogen (secondary N) is 1. The summed E-state index contributed by atoms with van der Waals surface area (Å²) in [6, 6.07) is 4.68. The molecule has 0 spiro atoms. The van der Waals surface area contributed by atoms with Gasteiger partial charge in [0.15, 0.2) is 0 Å². The second-order valence-corrected chi connectivity index (χ2v) is 6.38. The molecular formula is C14H7F3N2O2S2. The summed E-state index contributed by atoms with van der Waals surface area (Å²) in [6.45, 7) is 0. The topological polar surface area (TPSA) is 59.1 Å². The Labute approximate surface area is 136 Å². The first-order chi connectivity index (χ1) is 10.8. The Balaban J connectivity index is 1.84. The summed E-state index contributed by atoms with van der Waals surface area (Å²) in [6.07, 6.45) is -2.91. The zero-order valence-corrected chi connectivity index (χ0v) is 12.8. The molecule has 3 rings (SSSR count). The molecule has 0 bridgehead atoms. The van der Waals surface area contributed by atoms with Gasteiger partial charge in [0.25, 0.3) is 11.1 Å². The van der Waals surface area contributed by atoms with E-state index in [0.717, 1.165) is 23.9 Å². The van der Waals surface area contributed by atoms with Crippen molar-refractivity contribution in [2.75, 3.05) is 0 Å². The highest BCUT2D eigenvalue weighted by Gasteiger charge is 2.30. The Morgan fingerprint density at radius 3 is 2.39 bits per heavy atom. The van der Waals surface area contributed by atoms with E-state index in [0.29, 0.717) is 16.3 Å². The van der Waals surface area contributed by atoms with Crippen LogP contribution in [-0.2, 0) is 11.0 Å². The number of aromatic nitrogens is 1. The number of benzene rings is 1. The van der Waals surface area contributed by atoms with E-state index >= 15 is 0 Å². The van der Waals surface area contributed by atoms with Crippen molar-refractivity contribution in [3.8, 4) is 10.6 Å². The van der Waals surface area contributed by atoms with Crippen LogP contribution in [-0.4, -0.2) is 16.1 Å². The summed E-state index contributed by atoms with van der Waals surface area (Å²) in [5.74, 6) is -0.482. The van der Waals surface area contributed by atoms with Gasteiger partial charge >= 0.3 is 6.18 Å². The third kappa shape index (κ3) is 3.45. The maximum absolute atomic E-state index is 12.5. The van der Waals surface area contributed by atoms with Gasteiger partial charge in [0.05, 0.1) is 16.2 Å². The molecule has 9 heteroatoms. The van der Waals surface area contributed by atoms with Gasteiger partial charge in [-0.15, -0.1) is 11.3 Å². The number of amides is 2. The Morgan fingerprint density at radius 1 is 1.13 bits per heavy atom. The lowest BCUT2D eigenvalue weighted by Gasteiger charge is -2.06. The molecule has 2 heterocycles. The lowest BCUT2D eigenvalue weighted by atomic mass is 10.1. The molecule has 1 aromatic heterocycles. The minimum atomic E-state index is -4.38. The summed E-state index contributed by atoms with van der Waals surface area (Å²) in [5, 5.41) is 3.88. The Morgan fingerprint density at radius 2 is 1.83 bits per heavy atom. The summed E-state index contributed by atoms with van der Waals surface area (Å²) in [5.41, 5.74) is 0.294. The van der Waals surface area contributed by atoms with E-state index in [1.54, 1.807) is 5.38 Å². The van der Waals surface area contributed by atoms with Crippen molar-refractivity contribution in [3.63, 3.8) is 0 Å². The van der Waals surface area contributed by atoms with E-state index in [9.17, 15) is 22.8 Å². The Hall–Kier alpha value is -2.13. The van der Waals surface area contributed by atoms with E-state index in [1.807, 2.05) is 0 Å². The Bertz CT molecular complexity index is 810. The van der Waals surface area contributed by atoms with Gasteiger partial charge in [-0.25, -0.2) is 4.98 Å². The molecule has 2 aromatic rings. The number of imide groups is 1. The first-order valence-corrected chi connectivity index (χ1v) is 7.90. The molecule has 0 unspecified atom stereocenters. The lowest BCUT2D eigenvalue weighted by Crippen LogP contribution is -2.17. The molecule has 1 N–H and O–H groups in total. The molecule has 23 heavy (non-hydrogen) atoms. The van der Waals surface area contributed by atoms with Gasteiger partial charge in [0.2, 0.25) is 0 Å². The number of carbonyl (C=O) groups excluding carboxylic acids is 2. The van der Waals surface area contributed by atoms with Gasteiger partial charge in [-0.1, -0.05) is 12.1 Å². The second kappa shape index (κ2) is 5.82. The van der Waals surface area contributed by atoms with Gasteiger partial charge in [0.1, 0.15) is 5.01 Å². The van der Waals surface area contributed by atoms with Crippen molar-refractivity contribution < 1.29 is 22.8 Å². The van der Waals surface area contributed by atoms with Gasteiger partial charge in [-0.2, -0.15) is 13.2 Å². The highest BCUT2D eigenvalue weighted by atomic mass is 32.2. The van der Waals surface area contributed by atoms with Crippen molar-refractivity contribution in [3.05, 3.63) is 45.8 Å². The maximum atomic E-state index is 12.5. The Kier molecular flexibility index (Phi) is 3.99. The SMILES string of the molecule is O=C1NC(=O)/C(=C/c2csc(-c3ccc(C(F)(F)F)cc3)n2)S1. The fraction of sp³-hybridized carbons (Fsp3) is 0.0714. The molecule has 0 radical (unpaired) electrons. The number of rotatable bonds is 2. The van der Waals surface area contributed by atoms with Crippen LogP contribution in [0, 0.1) is 0 Å². The van der Waals surface area contributed by atoms with Crippen LogP contribution in [0.4, 0.5) is 18.0 Å². The van der Waals surface area contributed by atoms with Crippen LogP contribution in [0.3, 0.4) is 0 Å². The predicted molar refractivity (Wildman–Crippen MR) is 81.7 cm³/mol. The van der Waals surface area contributed by atoms with Crippen LogP contribution in [0.15, 0.2) is 34.6 Å². The number of carbonyl (C=O) groups is 2. The van der Waals surface area contributed by atoms with E-state index in [4.69, 9.17) is 0 Å². The van der Waals surface area contributed by atoms with Crippen molar-refractivity contribution in [1.82, 2.24) is 10.3 Å². The minimum Gasteiger partial charge on any atom is -0.282 e. The van der Waals surface area contributed by atoms with Crippen molar-refractivity contribution in [2.24, 2.45) is 0 Å². The molecule has 0 atom stereocenters. The molecule has 1 aliphatic heterocycles. The van der Waals surface area contributed by atoms with E-state index in [-0.39, 0.29) is 4.91 Å². The second-order valence-electron chi connectivity index (χ2n) is 4.50. The van der Waals surface area contributed by atoms with Crippen LogP contribution in [0.2, 0.25) is 0 Å². The highest BCUT2D eigenvalue weighted by Crippen LogP contribution is 2.32. The van der Waals surface area contributed by atoms with E-state index in [2.05, 4.69) is 10.3 Å². The molecule has 0 aliphatic carbocycles. The monoisotopic (exact) mass is 356 g/mol. The first-order valence-electron chi connectivity index (χ1n) is 6.21. The summed E-state index contributed by atoms with van der Waals surface area (Å²) in [4.78, 5) is 27.0. The number of hydrogen-bond acceptors (Lipinski definition) is 5. The van der Waals surface area contributed by atoms with Gasteiger partial charge in [0, 0.05) is 10.9 Å². The average Bonchev–Trinajstić information content (AvgIpc) is 3.06. The molecule has 118 valence electrons. The van der Waals surface area contributed by atoms with Gasteiger partial charge in [-0.05, 0) is 30.0 Å². The fourth-order valence-electron chi connectivity index (χ4n) is 1.84. The van der Waals surface area contributed by atoms with Crippen LogP contribution in [0.25, 0.3) is 16.6 Å². The number of nitrogens with zero attached hydrogens (tertiary/aromatic N) is 1. The molecule has 1 saturated heterocycles. The molecule has 1 aliphatic rings. The first kappa shape index (κ1) is 15.8. The van der Waals surface area contributed by atoms with E-state index < -0.39 is 22.9 Å². The average molecular weight is 356 g/mol. The largest absolute Gasteiger partial charge is 0.416 e. The summed E-state index contributed by atoms with van der Waals surface area (Å²) in [7, 11) is 0. The molecular weight excluding hydrogens is 349 g/mol. The molecule has 2 amide bonds. The van der Waals surface area contributed by atoms with Crippen LogP contribution in [0.1, 0.15) is 11.3 Å². The third-order valence-corrected chi connectivity index (χ3v) is 4.62. The van der Waals surface area contributed by atoms with Crippen LogP contribution < -0.4 is 5.32 Å². The van der Waals surface area contributed by atoms with Gasteiger partial charge < -0.3 is 0 Å². The lowest BCUT2D eigenvalue weighted by molar-refractivity contribution is -0.137. The summed E-state index contributed by atoms with van der Waals surface area (Å²) >= 11 is 2.02. The third-order valence-electron chi connectivity index (χ3n) is 2.90. The van der Waals surface area contributed by atoms with Crippen LogP contribution in [0.5, 0.6) is 0 Å². The quantitative estimate of drug-likeness (QED) is 0.821.